The Bertz CT molecular complexity index is 786. The van der Waals surface area contributed by atoms with E-state index in [-0.39, 0.29) is 30.2 Å². The largest absolute Gasteiger partial charge is 0.348 e. The van der Waals surface area contributed by atoms with E-state index in [2.05, 4.69) is 10.6 Å². The number of anilines is 1. The van der Waals surface area contributed by atoms with Crippen molar-refractivity contribution in [3.8, 4) is 0 Å². The maximum absolute atomic E-state index is 12.5. The summed E-state index contributed by atoms with van der Waals surface area (Å²) in [6.45, 7) is 6.55. The van der Waals surface area contributed by atoms with E-state index in [0.717, 1.165) is 4.88 Å². The maximum atomic E-state index is 12.5. The van der Waals surface area contributed by atoms with Gasteiger partial charge in [-0.25, -0.2) is 0 Å². The highest BCUT2D eigenvalue weighted by Crippen LogP contribution is 2.23. The lowest BCUT2D eigenvalue weighted by Gasteiger charge is -2.19. The molecule has 6 nitrogen and oxygen atoms in total. The first-order chi connectivity index (χ1) is 12.9. The van der Waals surface area contributed by atoms with E-state index >= 15 is 0 Å². The van der Waals surface area contributed by atoms with Gasteiger partial charge in [-0.05, 0) is 43.5 Å². The average Bonchev–Trinajstić information content (AvgIpc) is 3.16. The third-order valence-corrected chi connectivity index (χ3v) is 5.08. The van der Waals surface area contributed by atoms with Gasteiger partial charge in [0.1, 0.15) is 0 Å². The normalized spacial score (nSPS) is 11.5. The molecule has 0 bridgehead atoms. The number of nitrogens with zero attached hydrogens (tertiary/aromatic N) is 1. The molecule has 1 unspecified atom stereocenters. The lowest BCUT2D eigenvalue weighted by molar-refractivity contribution is -0.120. The minimum Gasteiger partial charge on any atom is -0.348 e. The Morgan fingerprint density at radius 3 is 2.44 bits per heavy atom. The molecule has 1 aromatic carbocycles. The molecule has 0 spiro atoms. The molecular formula is C20H25N3O3S. The zero-order valence-electron chi connectivity index (χ0n) is 15.8. The van der Waals surface area contributed by atoms with E-state index in [9.17, 15) is 14.4 Å². The molecule has 0 saturated heterocycles. The molecule has 0 fully saturated rings. The molecule has 3 amide bonds. The molecule has 2 rings (SSSR count). The van der Waals surface area contributed by atoms with Crippen LogP contribution < -0.4 is 10.6 Å². The Balaban J connectivity index is 2.07. The van der Waals surface area contributed by atoms with Crippen LogP contribution in [0.2, 0.25) is 0 Å². The van der Waals surface area contributed by atoms with Gasteiger partial charge in [-0.2, -0.15) is 0 Å². The van der Waals surface area contributed by atoms with Gasteiger partial charge < -0.3 is 15.5 Å². The summed E-state index contributed by atoms with van der Waals surface area (Å²) in [7, 11) is 0. The highest BCUT2D eigenvalue weighted by molar-refractivity contribution is 7.10. The number of nitrogens with one attached hydrogen (secondary N) is 2. The number of amides is 3. The molecule has 27 heavy (non-hydrogen) atoms. The van der Waals surface area contributed by atoms with E-state index in [1.807, 2.05) is 31.4 Å². The summed E-state index contributed by atoms with van der Waals surface area (Å²) in [5.41, 5.74) is 1.10. The van der Waals surface area contributed by atoms with Crippen molar-refractivity contribution in [2.75, 3.05) is 18.4 Å². The SMILES string of the molecule is CCN(CC)C(=O)c1cccc(NC(=O)CC(NC(C)=O)c2cccs2)c1. The fourth-order valence-corrected chi connectivity index (χ4v) is 3.56. The molecule has 7 heteroatoms. The molecule has 0 aliphatic rings. The number of thiophene rings is 1. The van der Waals surface area contributed by atoms with Gasteiger partial charge in [0.15, 0.2) is 0 Å². The van der Waals surface area contributed by atoms with E-state index < -0.39 is 0 Å². The Morgan fingerprint density at radius 1 is 1.11 bits per heavy atom. The molecule has 0 radical (unpaired) electrons. The Labute approximate surface area is 163 Å². The van der Waals surface area contributed by atoms with E-state index in [1.165, 1.54) is 18.3 Å². The number of benzene rings is 1. The van der Waals surface area contributed by atoms with Crippen LogP contribution >= 0.6 is 11.3 Å². The first-order valence-corrected chi connectivity index (χ1v) is 9.82. The van der Waals surface area contributed by atoms with Gasteiger partial charge in [-0.3, -0.25) is 14.4 Å². The molecule has 2 aromatic rings. The lowest BCUT2D eigenvalue weighted by atomic mass is 10.1. The van der Waals surface area contributed by atoms with E-state index in [0.29, 0.717) is 24.3 Å². The van der Waals surface area contributed by atoms with Crippen LogP contribution in [0.5, 0.6) is 0 Å². The van der Waals surface area contributed by atoms with Crippen LogP contribution in [0.1, 0.15) is 48.5 Å². The topological polar surface area (TPSA) is 78.5 Å². The van der Waals surface area contributed by atoms with Crippen molar-refractivity contribution in [2.24, 2.45) is 0 Å². The second-order valence-corrected chi connectivity index (χ2v) is 7.06. The molecule has 0 aliphatic carbocycles. The summed E-state index contributed by atoms with van der Waals surface area (Å²) in [5.74, 6) is -0.478. The fraction of sp³-hybridized carbons (Fsp3) is 0.350. The smallest absolute Gasteiger partial charge is 0.253 e. The summed E-state index contributed by atoms with van der Waals surface area (Å²) in [6, 6.07) is 10.3. The van der Waals surface area contributed by atoms with Crippen LogP contribution in [0.15, 0.2) is 41.8 Å². The molecule has 1 atom stereocenters. The second kappa shape index (κ2) is 9.87. The predicted octanol–water partition coefficient (Wildman–Crippen LogP) is 3.44. The minimum atomic E-state index is -0.372. The molecule has 0 aliphatic heterocycles. The summed E-state index contributed by atoms with van der Waals surface area (Å²) in [5, 5.41) is 7.54. The summed E-state index contributed by atoms with van der Waals surface area (Å²) >= 11 is 1.49. The predicted molar refractivity (Wildman–Crippen MR) is 108 cm³/mol. The first-order valence-electron chi connectivity index (χ1n) is 8.94. The highest BCUT2D eigenvalue weighted by Gasteiger charge is 2.19. The van der Waals surface area contributed by atoms with Crippen molar-refractivity contribution in [2.45, 2.75) is 33.2 Å². The second-order valence-electron chi connectivity index (χ2n) is 6.08. The fourth-order valence-electron chi connectivity index (χ4n) is 2.78. The van der Waals surface area contributed by atoms with Crippen molar-refractivity contribution in [1.82, 2.24) is 10.2 Å². The zero-order chi connectivity index (χ0) is 19.8. The van der Waals surface area contributed by atoms with Gasteiger partial charge in [0.05, 0.1) is 12.5 Å². The number of hydrogen-bond acceptors (Lipinski definition) is 4. The molecule has 2 N–H and O–H groups in total. The summed E-state index contributed by atoms with van der Waals surface area (Å²) in [4.78, 5) is 39.0. The van der Waals surface area contributed by atoms with E-state index in [1.54, 1.807) is 29.2 Å². The molecular weight excluding hydrogens is 362 g/mol. The van der Waals surface area contributed by atoms with Crippen LogP contribution in [-0.2, 0) is 9.59 Å². The van der Waals surface area contributed by atoms with Gasteiger partial charge in [0, 0.05) is 36.1 Å². The van der Waals surface area contributed by atoms with E-state index in [4.69, 9.17) is 0 Å². The van der Waals surface area contributed by atoms with Gasteiger partial charge in [0.25, 0.3) is 5.91 Å². The van der Waals surface area contributed by atoms with Crippen molar-refractivity contribution < 1.29 is 14.4 Å². The number of hydrogen-bond donors (Lipinski definition) is 2. The Kier molecular flexibility index (Phi) is 7.55. The van der Waals surface area contributed by atoms with Gasteiger partial charge in [0.2, 0.25) is 11.8 Å². The average molecular weight is 388 g/mol. The monoisotopic (exact) mass is 387 g/mol. The number of carbonyl (C=O) groups is 3. The molecule has 0 saturated carbocycles. The Hall–Kier alpha value is -2.67. The number of rotatable bonds is 8. The van der Waals surface area contributed by atoms with Crippen molar-refractivity contribution >= 4 is 34.7 Å². The summed E-state index contributed by atoms with van der Waals surface area (Å²) in [6.07, 6.45) is 0.119. The minimum absolute atomic E-state index is 0.0641. The van der Waals surface area contributed by atoms with Crippen molar-refractivity contribution in [3.05, 3.63) is 52.2 Å². The third-order valence-electron chi connectivity index (χ3n) is 4.10. The van der Waals surface area contributed by atoms with Crippen molar-refractivity contribution in [1.29, 1.82) is 0 Å². The molecule has 144 valence electrons. The van der Waals surface area contributed by atoms with Crippen LogP contribution in [0.3, 0.4) is 0 Å². The third kappa shape index (κ3) is 5.92. The van der Waals surface area contributed by atoms with Crippen molar-refractivity contribution in [3.63, 3.8) is 0 Å². The van der Waals surface area contributed by atoms with Crippen LogP contribution in [0, 0.1) is 0 Å². The molecule has 1 heterocycles. The Morgan fingerprint density at radius 2 is 1.85 bits per heavy atom. The highest BCUT2D eigenvalue weighted by atomic mass is 32.1. The summed E-state index contributed by atoms with van der Waals surface area (Å²) < 4.78 is 0. The quantitative estimate of drug-likeness (QED) is 0.728. The zero-order valence-corrected chi connectivity index (χ0v) is 16.6. The van der Waals surface area contributed by atoms with Gasteiger partial charge >= 0.3 is 0 Å². The maximum Gasteiger partial charge on any atom is 0.253 e. The van der Waals surface area contributed by atoms with Gasteiger partial charge in [-0.1, -0.05) is 12.1 Å². The number of carbonyl (C=O) groups excluding carboxylic acids is 3. The lowest BCUT2D eigenvalue weighted by Crippen LogP contribution is -2.30. The first kappa shape index (κ1) is 20.6. The molecule has 1 aromatic heterocycles. The van der Waals surface area contributed by atoms with Crippen LogP contribution in [0.4, 0.5) is 5.69 Å². The van der Waals surface area contributed by atoms with Gasteiger partial charge in [-0.15, -0.1) is 11.3 Å². The van der Waals surface area contributed by atoms with Crippen LogP contribution in [-0.4, -0.2) is 35.7 Å². The standard InChI is InChI=1S/C20H25N3O3S/c1-4-23(5-2)20(26)15-8-6-9-16(12-15)22-19(25)13-17(21-14(3)24)18-10-7-11-27-18/h6-12,17H,4-5,13H2,1-3H3,(H,21,24)(H,22,25). The van der Waals surface area contributed by atoms with Crippen LogP contribution in [0.25, 0.3) is 0 Å².